The highest BCUT2D eigenvalue weighted by atomic mass is 32.1. The summed E-state index contributed by atoms with van der Waals surface area (Å²) >= 11 is 1.26. The molecule has 2 radical (unpaired) electrons. The highest BCUT2D eigenvalue weighted by Crippen LogP contribution is 2.12. The van der Waals surface area contributed by atoms with Gasteiger partial charge in [0.05, 0.1) is 0 Å². The van der Waals surface area contributed by atoms with E-state index >= 15 is 0 Å². The molecular formula is C8H11BN2O2S. The van der Waals surface area contributed by atoms with Crippen molar-refractivity contribution in [2.24, 2.45) is 0 Å². The van der Waals surface area contributed by atoms with Crippen molar-refractivity contribution in [1.29, 1.82) is 0 Å². The molecule has 4 nitrogen and oxygen atoms in total. The monoisotopic (exact) mass is 210 g/mol. The molecule has 0 bridgehead atoms. The predicted molar refractivity (Wildman–Crippen MR) is 57.4 cm³/mol. The number of rotatable bonds is 1. The third-order valence-corrected chi connectivity index (χ3v) is 1.91. The highest BCUT2D eigenvalue weighted by molar-refractivity contribution is 7.14. The molecule has 6 heteroatoms. The van der Waals surface area contributed by atoms with Crippen molar-refractivity contribution in [2.45, 2.75) is 26.4 Å². The van der Waals surface area contributed by atoms with Crippen molar-refractivity contribution in [2.75, 3.05) is 5.32 Å². The van der Waals surface area contributed by atoms with E-state index < -0.39 is 11.7 Å². The number of carbonyl (C=O) groups is 1. The van der Waals surface area contributed by atoms with Gasteiger partial charge in [-0.15, -0.1) is 11.3 Å². The van der Waals surface area contributed by atoms with Crippen molar-refractivity contribution in [3.05, 3.63) is 5.38 Å². The summed E-state index contributed by atoms with van der Waals surface area (Å²) in [4.78, 5) is 15.1. The van der Waals surface area contributed by atoms with Crippen LogP contribution in [0.2, 0.25) is 0 Å². The summed E-state index contributed by atoms with van der Waals surface area (Å²) < 4.78 is 5.03. The lowest BCUT2D eigenvalue weighted by atomic mass is 10.1. The molecule has 1 heterocycles. The van der Waals surface area contributed by atoms with Crippen molar-refractivity contribution in [3.8, 4) is 0 Å². The van der Waals surface area contributed by atoms with E-state index in [0.717, 1.165) is 0 Å². The minimum atomic E-state index is -0.521. The van der Waals surface area contributed by atoms with E-state index in [0.29, 0.717) is 10.7 Å². The normalized spacial score (nSPS) is 11.1. The maximum absolute atomic E-state index is 11.2. The number of nitrogens with zero attached hydrogens (tertiary/aromatic N) is 1. The third kappa shape index (κ3) is 3.78. The van der Waals surface area contributed by atoms with E-state index in [4.69, 9.17) is 12.6 Å². The number of ether oxygens (including phenoxy) is 1. The van der Waals surface area contributed by atoms with Crippen molar-refractivity contribution in [1.82, 2.24) is 4.98 Å². The molecule has 0 unspecified atom stereocenters. The summed E-state index contributed by atoms with van der Waals surface area (Å²) in [6, 6.07) is 0. The number of thiazole rings is 1. The Morgan fingerprint density at radius 3 is 2.71 bits per heavy atom. The van der Waals surface area contributed by atoms with Gasteiger partial charge < -0.3 is 4.74 Å². The van der Waals surface area contributed by atoms with E-state index in [1.807, 2.05) is 0 Å². The molecule has 1 N–H and O–H groups in total. The van der Waals surface area contributed by atoms with Crippen molar-refractivity contribution in [3.63, 3.8) is 0 Å². The molecule has 0 aromatic carbocycles. The number of anilines is 1. The molecule has 0 fully saturated rings. The second-order valence-electron chi connectivity index (χ2n) is 3.70. The molecule has 14 heavy (non-hydrogen) atoms. The minimum absolute atomic E-state index is 0.390. The van der Waals surface area contributed by atoms with Crippen molar-refractivity contribution >= 4 is 36.0 Å². The lowest BCUT2D eigenvalue weighted by Gasteiger charge is -2.18. The van der Waals surface area contributed by atoms with Crippen LogP contribution in [-0.2, 0) is 4.74 Å². The molecule has 1 amide bonds. The maximum Gasteiger partial charge on any atom is 0.413 e. The van der Waals surface area contributed by atoms with Gasteiger partial charge in [0, 0.05) is 11.0 Å². The Morgan fingerprint density at radius 1 is 1.64 bits per heavy atom. The molecule has 0 aliphatic heterocycles. The first-order valence-electron chi connectivity index (χ1n) is 4.08. The number of carbonyl (C=O) groups excluding carboxylic acids is 1. The number of hydrogen-bond acceptors (Lipinski definition) is 4. The molecule has 0 saturated heterocycles. The lowest BCUT2D eigenvalue weighted by Crippen LogP contribution is -2.27. The summed E-state index contributed by atoms with van der Waals surface area (Å²) in [6.45, 7) is 5.38. The molecule has 0 saturated carbocycles. The second kappa shape index (κ2) is 4.00. The van der Waals surface area contributed by atoms with Crippen LogP contribution in [0.4, 0.5) is 9.93 Å². The fourth-order valence-electron chi connectivity index (χ4n) is 0.734. The topological polar surface area (TPSA) is 51.2 Å². The molecule has 0 spiro atoms. The Morgan fingerprint density at radius 2 is 2.29 bits per heavy atom. The van der Waals surface area contributed by atoms with Gasteiger partial charge in [0.15, 0.2) is 5.13 Å². The fraction of sp³-hybridized carbons (Fsp3) is 0.500. The summed E-state index contributed by atoms with van der Waals surface area (Å²) in [5, 5.41) is 4.57. The lowest BCUT2D eigenvalue weighted by molar-refractivity contribution is 0.0636. The Labute approximate surface area is 88.1 Å². The first-order chi connectivity index (χ1) is 6.37. The number of nitrogens with one attached hydrogen (secondary N) is 1. The van der Waals surface area contributed by atoms with E-state index in [-0.39, 0.29) is 0 Å². The van der Waals surface area contributed by atoms with E-state index in [1.54, 1.807) is 26.2 Å². The molecule has 1 aromatic rings. The van der Waals surface area contributed by atoms with Gasteiger partial charge in [-0.25, -0.2) is 9.78 Å². The van der Waals surface area contributed by atoms with Gasteiger partial charge in [-0.3, -0.25) is 5.32 Å². The SMILES string of the molecule is [B]c1csc(NC(=O)OC(C)(C)C)n1. The molecule has 74 valence electrons. The van der Waals surface area contributed by atoms with Gasteiger partial charge in [-0.2, -0.15) is 0 Å². The maximum atomic E-state index is 11.2. The van der Waals surface area contributed by atoms with Crippen LogP contribution in [0.15, 0.2) is 5.38 Å². The Kier molecular flexibility index (Phi) is 3.15. The summed E-state index contributed by atoms with van der Waals surface area (Å²) in [5.41, 5.74) is -0.117. The highest BCUT2D eigenvalue weighted by Gasteiger charge is 2.16. The molecule has 0 atom stereocenters. The number of aromatic nitrogens is 1. The van der Waals surface area contributed by atoms with Crippen LogP contribution in [0.5, 0.6) is 0 Å². The average Bonchev–Trinajstić information content (AvgIpc) is 2.30. The van der Waals surface area contributed by atoms with Crippen LogP contribution >= 0.6 is 11.3 Å². The van der Waals surface area contributed by atoms with Gasteiger partial charge in [-0.05, 0) is 20.8 Å². The number of amides is 1. The largest absolute Gasteiger partial charge is 0.444 e. The van der Waals surface area contributed by atoms with Gasteiger partial charge in [0.1, 0.15) is 13.4 Å². The zero-order valence-corrected chi connectivity index (χ0v) is 9.14. The minimum Gasteiger partial charge on any atom is -0.444 e. The molecule has 0 aliphatic carbocycles. The van der Waals surface area contributed by atoms with Crippen LogP contribution in [0.3, 0.4) is 0 Å². The Hall–Kier alpha value is -1.04. The molecule has 1 aromatic heterocycles. The van der Waals surface area contributed by atoms with Crippen molar-refractivity contribution < 1.29 is 9.53 Å². The van der Waals surface area contributed by atoms with Crippen LogP contribution < -0.4 is 10.9 Å². The fourth-order valence-corrected chi connectivity index (χ4v) is 1.32. The van der Waals surface area contributed by atoms with Gasteiger partial charge in [0.2, 0.25) is 0 Å². The smallest absolute Gasteiger partial charge is 0.413 e. The first kappa shape index (κ1) is 11.0. The average molecular weight is 210 g/mol. The van der Waals surface area contributed by atoms with Gasteiger partial charge in [-0.1, -0.05) is 0 Å². The summed E-state index contributed by atoms with van der Waals surface area (Å²) in [6.07, 6.45) is -0.521. The second-order valence-corrected chi connectivity index (χ2v) is 4.56. The summed E-state index contributed by atoms with van der Waals surface area (Å²) in [5.74, 6) is 0. The van der Waals surface area contributed by atoms with E-state index in [2.05, 4.69) is 10.3 Å². The van der Waals surface area contributed by atoms with Crippen LogP contribution in [0.1, 0.15) is 20.8 Å². The Balaban J connectivity index is 2.50. The predicted octanol–water partition coefficient (Wildman–Crippen LogP) is 1.28. The molecule has 1 rings (SSSR count). The Bertz CT molecular complexity index is 332. The zero-order chi connectivity index (χ0) is 10.8. The quantitative estimate of drug-likeness (QED) is 0.710. The first-order valence-corrected chi connectivity index (χ1v) is 4.96. The van der Waals surface area contributed by atoms with Crippen LogP contribution in [-0.4, -0.2) is 24.5 Å². The number of hydrogen-bond donors (Lipinski definition) is 1. The van der Waals surface area contributed by atoms with Gasteiger partial charge in [0.25, 0.3) is 0 Å². The van der Waals surface area contributed by atoms with Crippen LogP contribution in [0.25, 0.3) is 0 Å². The van der Waals surface area contributed by atoms with E-state index in [9.17, 15) is 4.79 Å². The van der Waals surface area contributed by atoms with Crippen LogP contribution in [0, 0.1) is 0 Å². The molecule has 0 aliphatic rings. The van der Waals surface area contributed by atoms with E-state index in [1.165, 1.54) is 11.3 Å². The standard InChI is InChI=1S/C8H11BN2O2S/c1-8(2,3)13-7(12)11-6-10-5(9)4-14-6/h4H,1-3H3,(H,10,11,12). The zero-order valence-electron chi connectivity index (χ0n) is 8.33. The van der Waals surface area contributed by atoms with Gasteiger partial charge >= 0.3 is 6.09 Å². The third-order valence-electron chi connectivity index (χ3n) is 1.13. The molecular weight excluding hydrogens is 199 g/mol. The summed E-state index contributed by atoms with van der Waals surface area (Å²) in [7, 11) is 5.39.